The van der Waals surface area contributed by atoms with Gasteiger partial charge in [-0.25, -0.2) is 4.98 Å². The number of para-hydroxylation sites is 1. The van der Waals surface area contributed by atoms with Gasteiger partial charge >= 0.3 is 0 Å². The standard InChI is InChI=1S/C22H26ClN3O/c1-4-5-8-14-24-16(3)21-25-19-12-7-6-10-17(19)22(27)26(21)20-13-9-11-18(23)15(20)2/h6-7,9-13,16,24H,4-5,8,14H2,1-3H3/p+1/t16-/m0/s1. The van der Waals surface area contributed by atoms with Gasteiger partial charge in [0.2, 0.25) is 0 Å². The molecule has 0 bridgehead atoms. The molecular formula is C22H27ClN3O+. The first-order chi connectivity index (χ1) is 13.0. The summed E-state index contributed by atoms with van der Waals surface area (Å²) in [7, 11) is 0. The molecule has 0 saturated carbocycles. The Balaban J connectivity index is 2.16. The first-order valence-corrected chi connectivity index (χ1v) is 10.0. The first-order valence-electron chi connectivity index (χ1n) is 9.65. The van der Waals surface area contributed by atoms with Crippen molar-refractivity contribution < 1.29 is 5.32 Å². The van der Waals surface area contributed by atoms with Crippen LogP contribution in [0.4, 0.5) is 0 Å². The predicted octanol–water partition coefficient (Wildman–Crippen LogP) is 4.16. The van der Waals surface area contributed by atoms with E-state index in [2.05, 4.69) is 19.2 Å². The van der Waals surface area contributed by atoms with Crippen molar-refractivity contribution in [1.29, 1.82) is 0 Å². The molecule has 5 heteroatoms. The molecule has 4 nitrogen and oxygen atoms in total. The van der Waals surface area contributed by atoms with Gasteiger partial charge in [0, 0.05) is 5.02 Å². The number of aromatic nitrogens is 2. The summed E-state index contributed by atoms with van der Waals surface area (Å²) >= 11 is 6.34. The highest BCUT2D eigenvalue weighted by Crippen LogP contribution is 2.24. The van der Waals surface area contributed by atoms with E-state index in [0.717, 1.165) is 35.6 Å². The Morgan fingerprint density at radius 3 is 2.70 bits per heavy atom. The molecule has 0 fully saturated rings. The third-order valence-electron chi connectivity index (χ3n) is 5.02. The maximum Gasteiger partial charge on any atom is 0.266 e. The van der Waals surface area contributed by atoms with Crippen molar-refractivity contribution in [2.75, 3.05) is 6.54 Å². The Kier molecular flexibility index (Phi) is 6.30. The predicted molar refractivity (Wildman–Crippen MR) is 112 cm³/mol. The molecule has 0 amide bonds. The molecule has 2 aromatic carbocycles. The minimum absolute atomic E-state index is 0.0465. The number of fused-ring (bicyclic) bond motifs is 1. The highest BCUT2D eigenvalue weighted by molar-refractivity contribution is 6.31. The summed E-state index contributed by atoms with van der Waals surface area (Å²) in [6, 6.07) is 13.3. The Labute approximate surface area is 165 Å². The molecule has 1 heterocycles. The Morgan fingerprint density at radius 2 is 1.93 bits per heavy atom. The molecule has 0 aliphatic heterocycles. The summed E-state index contributed by atoms with van der Waals surface area (Å²) in [5.41, 5.74) is 2.38. The van der Waals surface area contributed by atoms with Gasteiger partial charge in [0.1, 0.15) is 6.04 Å². The van der Waals surface area contributed by atoms with Crippen LogP contribution in [-0.4, -0.2) is 16.1 Å². The van der Waals surface area contributed by atoms with Crippen LogP contribution in [0.3, 0.4) is 0 Å². The van der Waals surface area contributed by atoms with Crippen LogP contribution in [0.25, 0.3) is 16.6 Å². The number of nitrogens with zero attached hydrogens (tertiary/aromatic N) is 2. The van der Waals surface area contributed by atoms with E-state index in [9.17, 15) is 4.79 Å². The molecule has 0 spiro atoms. The molecule has 142 valence electrons. The number of quaternary nitrogens is 1. The zero-order valence-electron chi connectivity index (χ0n) is 16.2. The average molecular weight is 385 g/mol. The number of unbranched alkanes of at least 4 members (excludes halogenated alkanes) is 2. The fourth-order valence-electron chi connectivity index (χ4n) is 3.39. The van der Waals surface area contributed by atoms with Crippen molar-refractivity contribution >= 4 is 22.5 Å². The van der Waals surface area contributed by atoms with E-state index in [4.69, 9.17) is 16.6 Å². The van der Waals surface area contributed by atoms with Gasteiger partial charge in [-0.15, -0.1) is 0 Å². The van der Waals surface area contributed by atoms with Gasteiger partial charge in [-0.2, -0.15) is 0 Å². The molecule has 0 unspecified atom stereocenters. The van der Waals surface area contributed by atoms with Crippen LogP contribution in [0.5, 0.6) is 0 Å². The molecule has 1 aromatic heterocycles. The normalized spacial score (nSPS) is 12.4. The van der Waals surface area contributed by atoms with E-state index in [1.807, 2.05) is 49.4 Å². The van der Waals surface area contributed by atoms with E-state index < -0.39 is 0 Å². The molecule has 3 rings (SSSR count). The fraction of sp³-hybridized carbons (Fsp3) is 0.364. The summed E-state index contributed by atoms with van der Waals surface area (Å²) in [6.45, 7) is 7.28. The molecular weight excluding hydrogens is 358 g/mol. The SMILES string of the molecule is CCCCC[NH2+][C@@H](C)c1nc2ccccc2c(=O)n1-c1cccc(Cl)c1C. The summed E-state index contributed by atoms with van der Waals surface area (Å²) < 4.78 is 1.74. The van der Waals surface area contributed by atoms with E-state index in [1.54, 1.807) is 4.57 Å². The number of halogens is 1. The van der Waals surface area contributed by atoms with Crippen molar-refractivity contribution in [2.45, 2.75) is 46.1 Å². The third kappa shape index (κ3) is 4.07. The van der Waals surface area contributed by atoms with Gasteiger partial charge in [-0.05, 0) is 56.5 Å². The van der Waals surface area contributed by atoms with Crippen molar-refractivity contribution in [1.82, 2.24) is 9.55 Å². The van der Waals surface area contributed by atoms with Crippen LogP contribution >= 0.6 is 11.6 Å². The number of rotatable bonds is 7. The van der Waals surface area contributed by atoms with Gasteiger partial charge in [0.15, 0.2) is 5.82 Å². The molecule has 0 saturated heterocycles. The van der Waals surface area contributed by atoms with E-state index in [1.165, 1.54) is 12.8 Å². The second kappa shape index (κ2) is 8.68. The zero-order valence-corrected chi connectivity index (χ0v) is 17.0. The molecule has 0 aliphatic carbocycles. The number of hydrogen-bond donors (Lipinski definition) is 1. The highest BCUT2D eigenvalue weighted by Gasteiger charge is 2.21. The quantitative estimate of drug-likeness (QED) is 0.622. The van der Waals surface area contributed by atoms with Gasteiger partial charge in [0.25, 0.3) is 5.56 Å². The smallest absolute Gasteiger partial charge is 0.266 e. The van der Waals surface area contributed by atoms with Crippen LogP contribution in [-0.2, 0) is 0 Å². The minimum atomic E-state index is -0.0465. The molecule has 27 heavy (non-hydrogen) atoms. The number of hydrogen-bond acceptors (Lipinski definition) is 2. The number of benzene rings is 2. The summed E-state index contributed by atoms with van der Waals surface area (Å²) in [4.78, 5) is 18.2. The Morgan fingerprint density at radius 1 is 1.15 bits per heavy atom. The zero-order chi connectivity index (χ0) is 19.4. The van der Waals surface area contributed by atoms with Crippen LogP contribution in [0.2, 0.25) is 5.02 Å². The Hall–Kier alpha value is -2.17. The number of nitrogens with two attached hydrogens (primary N) is 1. The van der Waals surface area contributed by atoms with Gasteiger partial charge in [-0.1, -0.05) is 43.1 Å². The lowest BCUT2D eigenvalue weighted by atomic mass is 10.1. The minimum Gasteiger partial charge on any atom is -0.338 e. The maximum absolute atomic E-state index is 13.4. The van der Waals surface area contributed by atoms with E-state index in [0.29, 0.717) is 10.4 Å². The van der Waals surface area contributed by atoms with Crippen LogP contribution in [0.1, 0.15) is 50.5 Å². The maximum atomic E-state index is 13.4. The second-order valence-corrected chi connectivity index (χ2v) is 7.44. The molecule has 1 atom stereocenters. The molecule has 0 radical (unpaired) electrons. The lowest BCUT2D eigenvalue weighted by molar-refractivity contribution is -0.694. The third-order valence-corrected chi connectivity index (χ3v) is 5.43. The Bertz CT molecular complexity index is 997. The molecule has 2 N–H and O–H groups in total. The summed E-state index contributed by atoms with van der Waals surface area (Å²) in [5.74, 6) is 0.764. The van der Waals surface area contributed by atoms with Gasteiger partial charge < -0.3 is 5.32 Å². The monoisotopic (exact) mass is 384 g/mol. The fourth-order valence-corrected chi connectivity index (χ4v) is 3.56. The van der Waals surface area contributed by atoms with Crippen molar-refractivity contribution in [2.24, 2.45) is 0 Å². The van der Waals surface area contributed by atoms with Crippen molar-refractivity contribution in [3.63, 3.8) is 0 Å². The second-order valence-electron chi connectivity index (χ2n) is 7.03. The van der Waals surface area contributed by atoms with Crippen LogP contribution < -0.4 is 10.9 Å². The first kappa shape index (κ1) is 19.6. The van der Waals surface area contributed by atoms with Crippen molar-refractivity contribution in [3.05, 3.63) is 69.2 Å². The van der Waals surface area contributed by atoms with E-state index in [-0.39, 0.29) is 11.6 Å². The topological polar surface area (TPSA) is 51.5 Å². The highest BCUT2D eigenvalue weighted by atomic mass is 35.5. The summed E-state index contributed by atoms with van der Waals surface area (Å²) in [5, 5.41) is 3.54. The van der Waals surface area contributed by atoms with Crippen LogP contribution in [0, 0.1) is 6.92 Å². The largest absolute Gasteiger partial charge is 0.338 e. The molecule has 3 aromatic rings. The summed E-state index contributed by atoms with van der Waals surface area (Å²) in [6.07, 6.45) is 3.58. The average Bonchev–Trinajstić information content (AvgIpc) is 2.67. The van der Waals surface area contributed by atoms with Crippen LogP contribution in [0.15, 0.2) is 47.3 Å². The van der Waals surface area contributed by atoms with Gasteiger partial charge in [-0.3, -0.25) is 9.36 Å². The molecule has 0 aliphatic rings. The van der Waals surface area contributed by atoms with Crippen molar-refractivity contribution in [3.8, 4) is 5.69 Å². The lowest BCUT2D eigenvalue weighted by Crippen LogP contribution is -2.85. The van der Waals surface area contributed by atoms with E-state index >= 15 is 0 Å². The van der Waals surface area contributed by atoms with Gasteiger partial charge in [0.05, 0.1) is 23.1 Å². The lowest BCUT2D eigenvalue weighted by Gasteiger charge is -2.19.